The summed E-state index contributed by atoms with van der Waals surface area (Å²) in [5.74, 6) is 1.55. The molecule has 0 atom stereocenters. The quantitative estimate of drug-likeness (QED) is 0.826. The van der Waals surface area contributed by atoms with Crippen LogP contribution in [0, 0.1) is 11.3 Å². The van der Waals surface area contributed by atoms with Gasteiger partial charge in [-0.05, 0) is 24.3 Å². The first-order valence-electron chi connectivity index (χ1n) is 5.49. The third kappa shape index (κ3) is 2.25. The zero-order chi connectivity index (χ0) is 13.0. The summed E-state index contributed by atoms with van der Waals surface area (Å²) in [5, 5.41) is 8.74. The van der Waals surface area contributed by atoms with Crippen LogP contribution in [-0.4, -0.2) is 19.1 Å². The lowest BCUT2D eigenvalue weighted by molar-refractivity contribution is 0.415. The average molecular weight is 239 g/mol. The first-order chi connectivity index (χ1) is 8.76. The molecule has 1 aromatic carbocycles. The van der Waals surface area contributed by atoms with E-state index in [1.807, 2.05) is 48.3 Å². The van der Waals surface area contributed by atoms with Crippen LogP contribution in [0.4, 0.5) is 11.5 Å². The highest BCUT2D eigenvalue weighted by Gasteiger charge is 2.09. The molecule has 2 aromatic rings. The average Bonchev–Trinajstić information content (AvgIpc) is 2.46. The van der Waals surface area contributed by atoms with Gasteiger partial charge in [0.15, 0.2) is 0 Å². The molecule has 0 aliphatic heterocycles. The van der Waals surface area contributed by atoms with Gasteiger partial charge in [-0.1, -0.05) is 12.1 Å². The van der Waals surface area contributed by atoms with Gasteiger partial charge in [-0.15, -0.1) is 0 Å². The Morgan fingerprint density at radius 1 is 1.22 bits per heavy atom. The predicted molar refractivity (Wildman–Crippen MR) is 70.0 cm³/mol. The van der Waals surface area contributed by atoms with E-state index in [0.717, 1.165) is 17.3 Å². The summed E-state index contributed by atoms with van der Waals surface area (Å²) >= 11 is 0. The number of nitrogens with zero attached hydrogens (tertiary/aromatic N) is 3. The molecule has 0 aliphatic rings. The Bertz CT molecular complexity index is 572. The maximum atomic E-state index is 8.74. The van der Waals surface area contributed by atoms with E-state index in [9.17, 15) is 0 Å². The Morgan fingerprint density at radius 3 is 2.61 bits per heavy atom. The molecule has 0 N–H and O–H groups in total. The Kier molecular flexibility index (Phi) is 3.44. The molecule has 0 radical (unpaired) electrons. The van der Waals surface area contributed by atoms with Crippen molar-refractivity contribution < 1.29 is 4.74 Å². The fourth-order valence-electron chi connectivity index (χ4n) is 1.68. The van der Waals surface area contributed by atoms with Crippen molar-refractivity contribution in [3.8, 4) is 11.8 Å². The predicted octanol–water partition coefficient (Wildman–Crippen LogP) is 2.73. The number of anilines is 2. The van der Waals surface area contributed by atoms with Crippen LogP contribution in [-0.2, 0) is 0 Å². The third-order valence-corrected chi connectivity index (χ3v) is 2.67. The second-order valence-corrected chi connectivity index (χ2v) is 3.75. The van der Waals surface area contributed by atoms with Crippen LogP contribution in [0.25, 0.3) is 0 Å². The molecule has 1 aromatic heterocycles. The molecule has 2 rings (SSSR count). The van der Waals surface area contributed by atoms with Gasteiger partial charge in [0.1, 0.15) is 17.6 Å². The number of methoxy groups -OCH3 is 1. The number of benzene rings is 1. The molecule has 0 unspecified atom stereocenters. The molecule has 4 heteroatoms. The van der Waals surface area contributed by atoms with Crippen LogP contribution >= 0.6 is 0 Å². The van der Waals surface area contributed by atoms with Crippen LogP contribution in [0.3, 0.4) is 0 Å². The number of nitriles is 1. The number of hydrogen-bond donors (Lipinski definition) is 0. The van der Waals surface area contributed by atoms with Gasteiger partial charge in [-0.2, -0.15) is 5.26 Å². The molecule has 0 saturated carbocycles. The second-order valence-electron chi connectivity index (χ2n) is 3.75. The zero-order valence-corrected chi connectivity index (χ0v) is 10.3. The van der Waals surface area contributed by atoms with Crippen LogP contribution in [0.5, 0.6) is 5.75 Å². The van der Waals surface area contributed by atoms with Crippen molar-refractivity contribution in [2.45, 2.75) is 0 Å². The van der Waals surface area contributed by atoms with Crippen molar-refractivity contribution >= 4 is 11.5 Å². The minimum Gasteiger partial charge on any atom is -0.495 e. The van der Waals surface area contributed by atoms with Crippen LogP contribution < -0.4 is 9.64 Å². The van der Waals surface area contributed by atoms with Crippen molar-refractivity contribution in [2.24, 2.45) is 0 Å². The Balaban J connectivity index is 2.35. The molecule has 18 heavy (non-hydrogen) atoms. The number of rotatable bonds is 3. The van der Waals surface area contributed by atoms with Crippen LogP contribution in [0.2, 0.25) is 0 Å². The number of ether oxygens (including phenoxy) is 1. The van der Waals surface area contributed by atoms with Crippen molar-refractivity contribution in [1.82, 2.24) is 4.98 Å². The minimum atomic E-state index is 0.548. The first-order valence-corrected chi connectivity index (χ1v) is 5.49. The van der Waals surface area contributed by atoms with Gasteiger partial charge in [0, 0.05) is 13.2 Å². The van der Waals surface area contributed by atoms with E-state index in [0.29, 0.717) is 5.56 Å². The molecule has 0 fully saturated rings. The standard InChI is InChI=1S/C14H13N3O/c1-17(12-5-3-4-6-13(12)18-2)14-8-7-11(9-15)10-16-14/h3-8,10H,1-2H3. The maximum Gasteiger partial charge on any atom is 0.142 e. The minimum absolute atomic E-state index is 0.548. The van der Waals surface area contributed by atoms with Crippen LogP contribution in [0.1, 0.15) is 5.56 Å². The normalized spacial score (nSPS) is 9.61. The summed E-state index contributed by atoms with van der Waals surface area (Å²) < 4.78 is 5.31. The summed E-state index contributed by atoms with van der Waals surface area (Å²) in [6.45, 7) is 0. The number of para-hydroxylation sites is 2. The van der Waals surface area contributed by atoms with Gasteiger partial charge in [-0.3, -0.25) is 0 Å². The van der Waals surface area contributed by atoms with E-state index < -0.39 is 0 Å². The lowest BCUT2D eigenvalue weighted by Gasteiger charge is -2.20. The Hall–Kier alpha value is -2.54. The SMILES string of the molecule is COc1ccccc1N(C)c1ccc(C#N)cn1. The molecule has 90 valence electrons. The zero-order valence-electron chi connectivity index (χ0n) is 10.3. The summed E-state index contributed by atoms with van der Waals surface area (Å²) in [6.07, 6.45) is 1.56. The van der Waals surface area contributed by atoms with E-state index in [4.69, 9.17) is 10.00 Å². The van der Waals surface area contributed by atoms with E-state index in [2.05, 4.69) is 4.98 Å². The highest BCUT2D eigenvalue weighted by Crippen LogP contribution is 2.30. The number of aromatic nitrogens is 1. The van der Waals surface area contributed by atoms with Gasteiger partial charge < -0.3 is 9.64 Å². The molecule has 1 heterocycles. The summed E-state index contributed by atoms with van der Waals surface area (Å²) in [7, 11) is 3.55. The molecular formula is C14H13N3O. The summed E-state index contributed by atoms with van der Waals surface area (Å²) in [4.78, 5) is 6.17. The van der Waals surface area contributed by atoms with E-state index in [1.165, 1.54) is 0 Å². The fourth-order valence-corrected chi connectivity index (χ4v) is 1.68. The van der Waals surface area contributed by atoms with Gasteiger partial charge in [0.25, 0.3) is 0 Å². The van der Waals surface area contributed by atoms with E-state index >= 15 is 0 Å². The number of hydrogen-bond acceptors (Lipinski definition) is 4. The topological polar surface area (TPSA) is 49.1 Å². The van der Waals surface area contributed by atoms with Crippen molar-refractivity contribution in [1.29, 1.82) is 5.26 Å². The Labute approximate surface area is 106 Å². The second kappa shape index (κ2) is 5.19. The highest BCUT2D eigenvalue weighted by molar-refractivity contribution is 5.66. The van der Waals surface area contributed by atoms with Crippen molar-refractivity contribution in [2.75, 3.05) is 19.1 Å². The van der Waals surface area contributed by atoms with E-state index in [1.54, 1.807) is 19.4 Å². The van der Waals surface area contributed by atoms with Gasteiger partial charge in [0.2, 0.25) is 0 Å². The van der Waals surface area contributed by atoms with Crippen molar-refractivity contribution in [3.05, 3.63) is 48.2 Å². The molecule has 0 aliphatic carbocycles. The summed E-state index contributed by atoms with van der Waals surface area (Å²) in [5.41, 5.74) is 1.48. The number of pyridine rings is 1. The largest absolute Gasteiger partial charge is 0.495 e. The first kappa shape index (κ1) is 11.9. The molecule has 0 bridgehead atoms. The molecule has 4 nitrogen and oxygen atoms in total. The molecule has 0 saturated heterocycles. The van der Waals surface area contributed by atoms with Gasteiger partial charge in [-0.25, -0.2) is 4.98 Å². The maximum absolute atomic E-state index is 8.74. The monoisotopic (exact) mass is 239 g/mol. The van der Waals surface area contributed by atoms with Crippen LogP contribution in [0.15, 0.2) is 42.6 Å². The van der Waals surface area contributed by atoms with E-state index in [-0.39, 0.29) is 0 Å². The molecule has 0 amide bonds. The van der Waals surface area contributed by atoms with Gasteiger partial charge in [0.05, 0.1) is 18.4 Å². The molecule has 0 spiro atoms. The lowest BCUT2D eigenvalue weighted by Crippen LogP contribution is -2.12. The van der Waals surface area contributed by atoms with Gasteiger partial charge >= 0.3 is 0 Å². The van der Waals surface area contributed by atoms with Crippen molar-refractivity contribution in [3.63, 3.8) is 0 Å². The Morgan fingerprint density at radius 2 is 2.00 bits per heavy atom. The molecular weight excluding hydrogens is 226 g/mol. The third-order valence-electron chi connectivity index (χ3n) is 2.67. The lowest BCUT2D eigenvalue weighted by atomic mass is 10.2. The smallest absolute Gasteiger partial charge is 0.142 e. The highest BCUT2D eigenvalue weighted by atomic mass is 16.5. The summed E-state index contributed by atoms with van der Waals surface area (Å²) in [6, 6.07) is 13.3. The fraction of sp³-hybridized carbons (Fsp3) is 0.143.